The molecule has 0 aliphatic rings. The Hall–Kier alpha value is -1.77. The van der Waals surface area contributed by atoms with E-state index in [2.05, 4.69) is 115 Å². The highest BCUT2D eigenvalue weighted by atomic mass is 79.9. The lowest BCUT2D eigenvalue weighted by Gasteiger charge is -2.25. The Kier molecular flexibility index (Phi) is 14.1. The van der Waals surface area contributed by atoms with Crippen molar-refractivity contribution in [3.05, 3.63) is 101 Å². The van der Waals surface area contributed by atoms with Crippen LogP contribution in [0.3, 0.4) is 0 Å². The summed E-state index contributed by atoms with van der Waals surface area (Å²) in [6.45, 7) is 12.3. The van der Waals surface area contributed by atoms with Gasteiger partial charge >= 0.3 is 0 Å². The lowest BCUT2D eigenvalue weighted by molar-refractivity contribution is -0.140. The molecule has 0 saturated heterocycles. The third kappa shape index (κ3) is 8.86. The fourth-order valence-corrected chi connectivity index (χ4v) is 12.4. The Morgan fingerprint density at radius 1 is 0.675 bits per heavy atom. The SMILES string of the molecule is CCOC(CCCCC/C=C/CCCc1cccc([P+](Br)(c2ccccc2C)c2ccccc2C)c1C)OCC. The molecule has 216 valence electrons. The molecule has 3 rings (SSSR count). The van der Waals surface area contributed by atoms with Crippen LogP contribution in [0.2, 0.25) is 0 Å². The van der Waals surface area contributed by atoms with Gasteiger partial charge in [-0.2, -0.15) is 0 Å². The lowest BCUT2D eigenvalue weighted by Crippen LogP contribution is -2.31. The van der Waals surface area contributed by atoms with Gasteiger partial charge in [0.05, 0.1) is 0 Å². The summed E-state index contributed by atoms with van der Waals surface area (Å²) in [7, 11) is 0. The van der Waals surface area contributed by atoms with Crippen LogP contribution in [0.15, 0.2) is 78.9 Å². The molecule has 2 nitrogen and oxygen atoms in total. The van der Waals surface area contributed by atoms with Crippen molar-refractivity contribution in [1.82, 2.24) is 0 Å². The molecule has 0 radical (unpaired) electrons. The molecule has 0 aliphatic carbocycles. The zero-order valence-electron chi connectivity index (χ0n) is 25.3. The smallest absolute Gasteiger partial charge is 0.181 e. The molecule has 0 fully saturated rings. The first kappa shape index (κ1) is 32.7. The summed E-state index contributed by atoms with van der Waals surface area (Å²) in [5, 5.41) is 4.28. The van der Waals surface area contributed by atoms with Crippen molar-refractivity contribution in [1.29, 1.82) is 0 Å². The van der Waals surface area contributed by atoms with Gasteiger partial charge in [-0.3, -0.25) is 0 Å². The van der Waals surface area contributed by atoms with Crippen LogP contribution in [0, 0.1) is 20.8 Å². The van der Waals surface area contributed by atoms with E-state index in [4.69, 9.17) is 9.47 Å². The van der Waals surface area contributed by atoms with E-state index in [0.717, 1.165) is 45.3 Å². The number of aryl methyl sites for hydroxylation is 3. The average Bonchev–Trinajstić information content (AvgIpc) is 2.95. The molecule has 0 unspecified atom stereocenters. The molecule has 0 amide bonds. The molecule has 0 N–H and O–H groups in total. The molecule has 3 aromatic rings. The van der Waals surface area contributed by atoms with Gasteiger partial charge in [0, 0.05) is 13.2 Å². The summed E-state index contributed by atoms with van der Waals surface area (Å²) < 4.78 is 11.3. The van der Waals surface area contributed by atoms with Crippen LogP contribution in [0.4, 0.5) is 0 Å². The molecule has 0 saturated carbocycles. The number of hydrogen-bond donors (Lipinski definition) is 0. The first-order chi connectivity index (χ1) is 19.4. The van der Waals surface area contributed by atoms with Crippen LogP contribution >= 0.6 is 21.5 Å². The Morgan fingerprint density at radius 3 is 1.80 bits per heavy atom. The average molecular weight is 625 g/mol. The van der Waals surface area contributed by atoms with E-state index in [9.17, 15) is 0 Å². The maximum atomic E-state index is 5.64. The standard InChI is InChI=1S/C36H49BrO2P/c1-6-38-36(39-7-2)28-15-13-11-9-8-10-12-14-23-32-24-20-27-35(31(32)5)40(37,33-25-18-16-21-29(33)3)34-26-19-17-22-30(34)4/h8,10,16-22,24-27,36H,6-7,9,11-15,23,28H2,1-5H3/q+1/b10-8+. The number of unbranched alkanes of at least 4 members (excludes halogenated alkanes) is 4. The lowest BCUT2D eigenvalue weighted by atomic mass is 10.0. The first-order valence-corrected chi connectivity index (χ1v) is 18.9. The molecular weight excluding hydrogens is 575 g/mol. The number of rotatable bonds is 17. The second-order valence-corrected chi connectivity index (χ2v) is 16.4. The number of benzene rings is 3. The van der Waals surface area contributed by atoms with Gasteiger partial charge in [0.25, 0.3) is 0 Å². The first-order valence-electron chi connectivity index (χ1n) is 15.1. The highest BCUT2D eigenvalue weighted by molar-refractivity contribution is 9.44. The summed E-state index contributed by atoms with van der Waals surface area (Å²) in [4.78, 5) is 0. The van der Waals surface area contributed by atoms with Gasteiger partial charge in [-0.15, -0.1) is 0 Å². The summed E-state index contributed by atoms with van der Waals surface area (Å²) in [6.07, 6.45) is 13.9. The molecule has 0 atom stereocenters. The number of ether oxygens (including phenoxy) is 2. The number of halogens is 1. The van der Waals surface area contributed by atoms with Crippen molar-refractivity contribution in [2.45, 2.75) is 92.3 Å². The van der Waals surface area contributed by atoms with E-state index in [1.807, 2.05) is 13.8 Å². The van der Waals surface area contributed by atoms with Crippen LogP contribution in [-0.4, -0.2) is 19.5 Å². The molecule has 0 bridgehead atoms. The van der Waals surface area contributed by atoms with E-state index < -0.39 is 5.96 Å². The fraction of sp³-hybridized carbons (Fsp3) is 0.444. The van der Waals surface area contributed by atoms with Crippen LogP contribution in [0.25, 0.3) is 0 Å². The minimum Gasteiger partial charge on any atom is -0.353 e. The topological polar surface area (TPSA) is 18.5 Å². The second-order valence-electron chi connectivity index (χ2n) is 10.6. The second kappa shape index (κ2) is 17.2. The molecule has 4 heteroatoms. The van der Waals surface area contributed by atoms with Crippen molar-refractivity contribution < 1.29 is 9.47 Å². The van der Waals surface area contributed by atoms with E-state index in [-0.39, 0.29) is 6.29 Å². The Morgan fingerprint density at radius 2 is 1.23 bits per heavy atom. The molecule has 40 heavy (non-hydrogen) atoms. The van der Waals surface area contributed by atoms with Crippen molar-refractivity contribution in [3.8, 4) is 0 Å². The molecule has 0 aromatic heterocycles. The summed E-state index contributed by atoms with van der Waals surface area (Å²) in [6, 6.07) is 24.7. The van der Waals surface area contributed by atoms with E-state index >= 15 is 0 Å². The molecule has 3 aromatic carbocycles. The van der Waals surface area contributed by atoms with Gasteiger partial charge in [0.2, 0.25) is 0 Å². The van der Waals surface area contributed by atoms with Gasteiger partial charge in [-0.1, -0.05) is 67.1 Å². The van der Waals surface area contributed by atoms with E-state index in [0.29, 0.717) is 0 Å². The minimum atomic E-state index is -1.96. The van der Waals surface area contributed by atoms with Gasteiger partial charge in [0.15, 0.2) is 27.7 Å². The van der Waals surface area contributed by atoms with Crippen molar-refractivity contribution >= 4 is 37.4 Å². The predicted molar refractivity (Wildman–Crippen MR) is 180 cm³/mol. The quantitative estimate of drug-likeness (QED) is 0.0645. The van der Waals surface area contributed by atoms with Crippen LogP contribution in [0.1, 0.15) is 81.0 Å². The number of hydrogen-bond acceptors (Lipinski definition) is 2. The highest BCUT2D eigenvalue weighted by Crippen LogP contribution is 2.64. The van der Waals surface area contributed by atoms with Crippen LogP contribution in [-0.2, 0) is 15.9 Å². The Bertz CT molecular complexity index is 1150. The maximum Gasteiger partial charge on any atom is 0.181 e. The van der Waals surface area contributed by atoms with Gasteiger partial charge in [-0.05, 0) is 120 Å². The van der Waals surface area contributed by atoms with Crippen molar-refractivity contribution in [2.24, 2.45) is 0 Å². The summed E-state index contributed by atoms with van der Waals surface area (Å²) in [5.41, 5.74) is 5.58. The molecule has 0 spiro atoms. The van der Waals surface area contributed by atoms with Crippen LogP contribution < -0.4 is 15.9 Å². The predicted octanol–water partition coefficient (Wildman–Crippen LogP) is 9.44. The third-order valence-corrected chi connectivity index (χ3v) is 14.6. The van der Waals surface area contributed by atoms with Crippen LogP contribution in [0.5, 0.6) is 0 Å². The number of allylic oxidation sites excluding steroid dienone is 2. The minimum absolute atomic E-state index is 0.0298. The highest BCUT2D eigenvalue weighted by Gasteiger charge is 2.47. The van der Waals surface area contributed by atoms with Gasteiger partial charge in [-0.25, -0.2) is 0 Å². The normalized spacial score (nSPS) is 12.1. The molecular formula is C36H49BrO2P+. The Labute approximate surface area is 252 Å². The monoisotopic (exact) mass is 623 g/mol. The zero-order chi connectivity index (χ0) is 28.8. The molecule has 0 aliphatic heterocycles. The maximum absolute atomic E-state index is 5.64. The van der Waals surface area contributed by atoms with Gasteiger partial charge < -0.3 is 9.47 Å². The largest absolute Gasteiger partial charge is 0.353 e. The molecule has 0 heterocycles. The third-order valence-electron chi connectivity index (χ3n) is 7.64. The van der Waals surface area contributed by atoms with E-state index in [1.165, 1.54) is 57.4 Å². The zero-order valence-corrected chi connectivity index (χ0v) is 27.8. The van der Waals surface area contributed by atoms with Crippen molar-refractivity contribution in [2.75, 3.05) is 13.2 Å². The fourth-order valence-electron chi connectivity index (χ4n) is 5.46. The summed E-state index contributed by atoms with van der Waals surface area (Å²) >= 11 is 4.43. The summed E-state index contributed by atoms with van der Waals surface area (Å²) in [5.74, 6) is -1.96. The Balaban J connectivity index is 1.61. The van der Waals surface area contributed by atoms with E-state index in [1.54, 1.807) is 0 Å². The van der Waals surface area contributed by atoms with Crippen molar-refractivity contribution in [3.63, 3.8) is 0 Å². The van der Waals surface area contributed by atoms with Gasteiger partial charge in [0.1, 0.15) is 15.9 Å².